The Kier molecular flexibility index (Phi) is 8.06. The van der Waals surface area contributed by atoms with E-state index in [-0.39, 0.29) is 18.1 Å². The minimum Gasteiger partial charge on any atom is -0.380 e. The molecule has 0 aromatic rings. The van der Waals surface area contributed by atoms with Gasteiger partial charge in [-0.25, -0.2) is 0 Å². The fraction of sp³-hybridized carbons (Fsp3) is 0.929. The molecule has 1 amide bonds. The summed E-state index contributed by atoms with van der Waals surface area (Å²) in [6.45, 7) is 11.2. The van der Waals surface area contributed by atoms with Crippen LogP contribution in [0, 0.1) is 0 Å². The second kappa shape index (κ2) is 9.28. The first-order valence-corrected chi connectivity index (χ1v) is 7.39. The zero-order chi connectivity index (χ0) is 14.8. The number of carbonyl (C=O) groups is 1. The van der Waals surface area contributed by atoms with Crippen LogP contribution < -0.4 is 5.32 Å². The predicted octanol–water partition coefficient (Wildman–Crippen LogP) is 0.267. The van der Waals surface area contributed by atoms with Gasteiger partial charge in [0.1, 0.15) is 6.61 Å². The second-order valence-corrected chi connectivity index (χ2v) is 5.12. The van der Waals surface area contributed by atoms with Crippen molar-refractivity contribution >= 4 is 5.91 Å². The fourth-order valence-corrected chi connectivity index (χ4v) is 1.91. The van der Waals surface area contributed by atoms with E-state index in [2.05, 4.69) is 5.32 Å². The van der Waals surface area contributed by atoms with Crippen LogP contribution in [-0.4, -0.2) is 75.6 Å². The molecule has 0 aromatic heterocycles. The topological polar surface area (TPSA) is 60.0 Å². The van der Waals surface area contributed by atoms with Crippen LogP contribution >= 0.6 is 0 Å². The van der Waals surface area contributed by atoms with Crippen molar-refractivity contribution in [1.82, 2.24) is 10.2 Å². The van der Waals surface area contributed by atoms with Gasteiger partial charge in [0, 0.05) is 39.4 Å². The fourth-order valence-electron chi connectivity index (χ4n) is 1.91. The quantitative estimate of drug-likeness (QED) is 0.553. The van der Waals surface area contributed by atoms with Gasteiger partial charge >= 0.3 is 0 Å². The molecule has 6 heteroatoms. The minimum atomic E-state index is -0.193. The van der Waals surface area contributed by atoms with Crippen LogP contribution in [0.2, 0.25) is 0 Å². The van der Waals surface area contributed by atoms with E-state index in [0.717, 1.165) is 13.1 Å². The van der Waals surface area contributed by atoms with Crippen LogP contribution in [0.4, 0.5) is 0 Å². The lowest BCUT2D eigenvalue weighted by molar-refractivity contribution is -0.147. The monoisotopic (exact) mass is 288 g/mol. The Bertz CT molecular complexity index is 272. The molecule has 0 aromatic carbocycles. The third-order valence-corrected chi connectivity index (χ3v) is 3.31. The molecule has 1 heterocycles. The number of rotatable bonds is 11. The van der Waals surface area contributed by atoms with Crippen molar-refractivity contribution < 1.29 is 19.0 Å². The molecule has 1 N–H and O–H groups in total. The third-order valence-electron chi connectivity index (χ3n) is 3.31. The highest BCUT2D eigenvalue weighted by molar-refractivity contribution is 5.77. The zero-order valence-corrected chi connectivity index (χ0v) is 12.9. The summed E-state index contributed by atoms with van der Waals surface area (Å²) in [5, 5.41) is 3.15. The van der Waals surface area contributed by atoms with Crippen molar-refractivity contribution in [2.45, 2.75) is 26.4 Å². The summed E-state index contributed by atoms with van der Waals surface area (Å²) < 4.78 is 16.3. The molecule has 0 aliphatic carbocycles. The standard InChI is InChI=1S/C14H28N2O4/c1-4-18-8-6-16(7-9-19-5-2)13(17)10-20-14(3)11-15-12-14/h15H,4-12H2,1-3H3. The van der Waals surface area contributed by atoms with E-state index < -0.39 is 0 Å². The van der Waals surface area contributed by atoms with Gasteiger partial charge in [0.05, 0.1) is 18.8 Å². The number of nitrogens with one attached hydrogen (secondary N) is 1. The highest BCUT2D eigenvalue weighted by Crippen LogP contribution is 2.15. The van der Waals surface area contributed by atoms with Gasteiger partial charge < -0.3 is 24.4 Å². The summed E-state index contributed by atoms with van der Waals surface area (Å²) in [6.07, 6.45) is 0. The lowest BCUT2D eigenvalue weighted by atomic mass is 10.0. The molecule has 0 radical (unpaired) electrons. The lowest BCUT2D eigenvalue weighted by Crippen LogP contribution is -2.59. The number of hydrogen-bond donors (Lipinski definition) is 1. The number of carbonyl (C=O) groups excluding carboxylic acids is 1. The first-order chi connectivity index (χ1) is 9.61. The van der Waals surface area contributed by atoms with E-state index in [1.165, 1.54) is 0 Å². The Morgan fingerprint density at radius 3 is 2.10 bits per heavy atom. The van der Waals surface area contributed by atoms with Crippen LogP contribution in [-0.2, 0) is 19.0 Å². The van der Waals surface area contributed by atoms with E-state index in [0.29, 0.717) is 39.5 Å². The molecule has 6 nitrogen and oxygen atoms in total. The van der Waals surface area contributed by atoms with Crippen LogP contribution in [0.5, 0.6) is 0 Å². The summed E-state index contributed by atoms with van der Waals surface area (Å²) in [6, 6.07) is 0. The Hall–Kier alpha value is -0.690. The minimum absolute atomic E-state index is 0.00229. The van der Waals surface area contributed by atoms with E-state index in [1.807, 2.05) is 20.8 Å². The Morgan fingerprint density at radius 1 is 1.15 bits per heavy atom. The van der Waals surface area contributed by atoms with Gasteiger partial charge in [0.2, 0.25) is 5.91 Å². The van der Waals surface area contributed by atoms with Crippen LogP contribution in [0.3, 0.4) is 0 Å². The van der Waals surface area contributed by atoms with E-state index in [1.54, 1.807) is 4.90 Å². The predicted molar refractivity (Wildman–Crippen MR) is 76.8 cm³/mol. The summed E-state index contributed by atoms with van der Waals surface area (Å²) >= 11 is 0. The third kappa shape index (κ3) is 6.17. The lowest BCUT2D eigenvalue weighted by Gasteiger charge is -2.39. The van der Waals surface area contributed by atoms with Crippen molar-refractivity contribution in [2.24, 2.45) is 0 Å². The molecule has 0 unspecified atom stereocenters. The van der Waals surface area contributed by atoms with Crippen molar-refractivity contribution in [3.8, 4) is 0 Å². The van der Waals surface area contributed by atoms with Crippen molar-refractivity contribution in [3.63, 3.8) is 0 Å². The van der Waals surface area contributed by atoms with E-state index in [9.17, 15) is 4.79 Å². The average molecular weight is 288 g/mol. The van der Waals surface area contributed by atoms with E-state index in [4.69, 9.17) is 14.2 Å². The first kappa shape index (κ1) is 17.4. The van der Waals surface area contributed by atoms with Gasteiger partial charge in [-0.2, -0.15) is 0 Å². The van der Waals surface area contributed by atoms with Gasteiger partial charge in [-0.1, -0.05) is 0 Å². The molecule has 0 saturated carbocycles. The highest BCUT2D eigenvalue weighted by atomic mass is 16.5. The molecule has 0 spiro atoms. The summed E-state index contributed by atoms with van der Waals surface area (Å²) in [7, 11) is 0. The van der Waals surface area contributed by atoms with Crippen molar-refractivity contribution in [2.75, 3.05) is 59.2 Å². The molecule has 1 aliphatic rings. The summed E-state index contributed by atoms with van der Waals surface area (Å²) in [5.41, 5.74) is -0.193. The molecular weight excluding hydrogens is 260 g/mol. The number of hydrogen-bond acceptors (Lipinski definition) is 5. The molecule has 20 heavy (non-hydrogen) atoms. The maximum atomic E-state index is 12.2. The molecule has 0 bridgehead atoms. The van der Waals surface area contributed by atoms with Gasteiger partial charge in [0.15, 0.2) is 0 Å². The largest absolute Gasteiger partial charge is 0.380 e. The number of nitrogens with zero attached hydrogens (tertiary/aromatic N) is 1. The Labute approximate surface area is 121 Å². The van der Waals surface area contributed by atoms with Crippen LogP contribution in [0.15, 0.2) is 0 Å². The van der Waals surface area contributed by atoms with Crippen molar-refractivity contribution in [3.05, 3.63) is 0 Å². The summed E-state index contributed by atoms with van der Waals surface area (Å²) in [4.78, 5) is 13.9. The van der Waals surface area contributed by atoms with Gasteiger partial charge in [-0.15, -0.1) is 0 Å². The smallest absolute Gasteiger partial charge is 0.248 e. The number of ether oxygens (including phenoxy) is 3. The van der Waals surface area contributed by atoms with Gasteiger partial charge in [0.25, 0.3) is 0 Å². The van der Waals surface area contributed by atoms with Crippen LogP contribution in [0.1, 0.15) is 20.8 Å². The first-order valence-electron chi connectivity index (χ1n) is 7.39. The molecule has 118 valence electrons. The molecule has 0 atom stereocenters. The van der Waals surface area contributed by atoms with Gasteiger partial charge in [-0.05, 0) is 20.8 Å². The molecule has 1 fully saturated rings. The molecular formula is C14H28N2O4. The zero-order valence-electron chi connectivity index (χ0n) is 12.9. The molecule has 1 rings (SSSR count). The maximum absolute atomic E-state index is 12.2. The van der Waals surface area contributed by atoms with E-state index >= 15 is 0 Å². The highest BCUT2D eigenvalue weighted by Gasteiger charge is 2.33. The van der Waals surface area contributed by atoms with Crippen LogP contribution in [0.25, 0.3) is 0 Å². The molecule has 1 saturated heterocycles. The Balaban J connectivity index is 2.32. The molecule has 1 aliphatic heterocycles. The average Bonchev–Trinajstić information content (AvgIpc) is 2.41. The summed E-state index contributed by atoms with van der Waals surface area (Å²) in [5.74, 6) is -0.00229. The SMILES string of the molecule is CCOCCN(CCOCC)C(=O)COC1(C)CNC1. The number of amides is 1. The Morgan fingerprint density at radius 2 is 1.70 bits per heavy atom. The maximum Gasteiger partial charge on any atom is 0.248 e. The second-order valence-electron chi connectivity index (χ2n) is 5.12. The van der Waals surface area contributed by atoms with Crippen molar-refractivity contribution in [1.29, 1.82) is 0 Å². The normalized spacial score (nSPS) is 16.8. The van der Waals surface area contributed by atoms with Gasteiger partial charge in [-0.3, -0.25) is 4.79 Å².